The van der Waals surface area contributed by atoms with Crippen molar-refractivity contribution in [3.8, 4) is 11.5 Å². The van der Waals surface area contributed by atoms with Crippen molar-refractivity contribution < 1.29 is 4.52 Å². The van der Waals surface area contributed by atoms with Crippen molar-refractivity contribution in [1.29, 1.82) is 0 Å². The molecule has 0 amide bonds. The fourth-order valence-corrected chi connectivity index (χ4v) is 1.56. The Kier molecular flexibility index (Phi) is 2.14. The first-order chi connectivity index (χ1) is 7.84. The van der Waals surface area contributed by atoms with Crippen LogP contribution in [-0.2, 0) is 0 Å². The molecule has 1 unspecified atom stereocenters. The second-order valence-corrected chi connectivity index (χ2v) is 3.95. The maximum absolute atomic E-state index is 5.98. The molecule has 3 rings (SSSR count). The van der Waals surface area contributed by atoms with Crippen LogP contribution in [0.5, 0.6) is 0 Å². The van der Waals surface area contributed by atoms with Crippen molar-refractivity contribution in [3.63, 3.8) is 0 Å². The highest BCUT2D eigenvalue weighted by Gasteiger charge is 2.32. The summed E-state index contributed by atoms with van der Waals surface area (Å²) >= 11 is 0. The van der Waals surface area contributed by atoms with E-state index in [9.17, 15) is 0 Å². The van der Waals surface area contributed by atoms with Gasteiger partial charge in [0.1, 0.15) is 6.33 Å². The zero-order valence-electron chi connectivity index (χ0n) is 8.58. The molecule has 1 fully saturated rings. The number of nitrogens with two attached hydrogens (primary N) is 1. The number of aromatic nitrogens is 4. The molecule has 2 aromatic rings. The molecule has 2 aromatic heterocycles. The molecule has 82 valence electrons. The van der Waals surface area contributed by atoms with Gasteiger partial charge in [-0.15, -0.1) is 0 Å². The highest BCUT2D eigenvalue weighted by Crippen LogP contribution is 2.38. The molecule has 0 saturated heterocycles. The summed E-state index contributed by atoms with van der Waals surface area (Å²) in [5.41, 5.74) is 6.69. The highest BCUT2D eigenvalue weighted by molar-refractivity contribution is 5.48. The van der Waals surface area contributed by atoms with E-state index in [1.54, 1.807) is 12.4 Å². The van der Waals surface area contributed by atoms with Crippen molar-refractivity contribution in [2.45, 2.75) is 18.9 Å². The molecule has 2 heterocycles. The number of hydrogen-bond donors (Lipinski definition) is 1. The Morgan fingerprint density at radius 2 is 2.06 bits per heavy atom. The predicted octanol–water partition coefficient (Wildman–Crippen LogP) is 0.936. The monoisotopic (exact) mass is 217 g/mol. The average Bonchev–Trinajstić information content (AvgIpc) is 3.07. The predicted molar refractivity (Wildman–Crippen MR) is 55.0 cm³/mol. The quantitative estimate of drug-likeness (QED) is 0.822. The third kappa shape index (κ3) is 1.67. The zero-order chi connectivity index (χ0) is 11.0. The molecule has 1 aliphatic rings. The van der Waals surface area contributed by atoms with Gasteiger partial charge in [0.15, 0.2) is 5.82 Å². The third-order valence-corrected chi connectivity index (χ3v) is 2.68. The first-order valence-corrected chi connectivity index (χ1v) is 5.19. The Labute approximate surface area is 91.9 Å². The molecule has 2 N–H and O–H groups in total. The van der Waals surface area contributed by atoms with E-state index in [4.69, 9.17) is 10.3 Å². The lowest BCUT2D eigenvalue weighted by Crippen LogP contribution is -2.13. The third-order valence-electron chi connectivity index (χ3n) is 2.68. The zero-order valence-corrected chi connectivity index (χ0v) is 8.58. The summed E-state index contributed by atoms with van der Waals surface area (Å²) in [6, 6.07) is -0.109. The van der Waals surface area contributed by atoms with Gasteiger partial charge >= 0.3 is 0 Å². The van der Waals surface area contributed by atoms with Crippen LogP contribution in [0.1, 0.15) is 24.7 Å². The van der Waals surface area contributed by atoms with Crippen molar-refractivity contribution in [1.82, 2.24) is 20.1 Å². The minimum Gasteiger partial charge on any atom is -0.334 e. The van der Waals surface area contributed by atoms with Crippen LogP contribution in [0.4, 0.5) is 0 Å². The summed E-state index contributed by atoms with van der Waals surface area (Å²) < 4.78 is 5.13. The van der Waals surface area contributed by atoms with Gasteiger partial charge in [-0.05, 0) is 18.8 Å². The number of nitrogens with zero attached hydrogens (tertiary/aromatic N) is 4. The minimum atomic E-state index is -0.109. The number of hydrogen-bond acceptors (Lipinski definition) is 6. The lowest BCUT2D eigenvalue weighted by atomic mass is 10.2. The number of rotatable bonds is 3. The Hall–Kier alpha value is -1.82. The van der Waals surface area contributed by atoms with E-state index in [0.29, 0.717) is 23.2 Å². The van der Waals surface area contributed by atoms with E-state index in [0.717, 1.165) is 12.8 Å². The van der Waals surface area contributed by atoms with Gasteiger partial charge < -0.3 is 10.3 Å². The fourth-order valence-electron chi connectivity index (χ4n) is 1.56. The maximum atomic E-state index is 5.98. The van der Waals surface area contributed by atoms with E-state index < -0.39 is 0 Å². The maximum Gasteiger partial charge on any atom is 0.261 e. The standard InChI is InChI=1S/C10H11N5O/c11-8(6-1-2-6)9-14-10(16-15-9)7-3-12-5-13-4-7/h3-6,8H,1-2,11H2. The van der Waals surface area contributed by atoms with Crippen LogP contribution in [0.3, 0.4) is 0 Å². The van der Waals surface area contributed by atoms with E-state index in [2.05, 4.69) is 20.1 Å². The summed E-state index contributed by atoms with van der Waals surface area (Å²) in [5.74, 6) is 1.51. The Bertz CT molecular complexity index is 479. The minimum absolute atomic E-state index is 0.109. The van der Waals surface area contributed by atoms with Crippen LogP contribution in [-0.4, -0.2) is 20.1 Å². The molecule has 16 heavy (non-hydrogen) atoms. The molecular formula is C10H11N5O. The SMILES string of the molecule is NC(c1noc(-c2cncnc2)n1)C1CC1. The smallest absolute Gasteiger partial charge is 0.261 e. The van der Waals surface area contributed by atoms with E-state index in [-0.39, 0.29) is 6.04 Å². The summed E-state index contributed by atoms with van der Waals surface area (Å²) in [6.07, 6.45) is 7.02. The highest BCUT2D eigenvalue weighted by atomic mass is 16.5. The van der Waals surface area contributed by atoms with E-state index >= 15 is 0 Å². The van der Waals surface area contributed by atoms with Gasteiger partial charge in [0, 0.05) is 12.4 Å². The van der Waals surface area contributed by atoms with Gasteiger partial charge in [0.05, 0.1) is 11.6 Å². The molecule has 6 nitrogen and oxygen atoms in total. The molecule has 0 bridgehead atoms. The van der Waals surface area contributed by atoms with E-state index in [1.165, 1.54) is 6.33 Å². The molecule has 0 aliphatic heterocycles. The van der Waals surface area contributed by atoms with Crippen LogP contribution in [0.15, 0.2) is 23.2 Å². The Balaban J connectivity index is 1.87. The normalized spacial score (nSPS) is 17.3. The largest absolute Gasteiger partial charge is 0.334 e. The van der Waals surface area contributed by atoms with Crippen LogP contribution in [0.25, 0.3) is 11.5 Å². The molecule has 0 aromatic carbocycles. The van der Waals surface area contributed by atoms with Gasteiger partial charge in [0.25, 0.3) is 5.89 Å². The summed E-state index contributed by atoms with van der Waals surface area (Å²) in [6.45, 7) is 0. The van der Waals surface area contributed by atoms with Gasteiger partial charge in [0.2, 0.25) is 0 Å². The van der Waals surface area contributed by atoms with Crippen molar-refractivity contribution in [2.75, 3.05) is 0 Å². The van der Waals surface area contributed by atoms with Gasteiger partial charge in [-0.1, -0.05) is 5.16 Å². The molecule has 0 spiro atoms. The van der Waals surface area contributed by atoms with Crippen molar-refractivity contribution >= 4 is 0 Å². The average molecular weight is 217 g/mol. The van der Waals surface area contributed by atoms with Crippen LogP contribution < -0.4 is 5.73 Å². The summed E-state index contributed by atoms with van der Waals surface area (Å²) in [5, 5.41) is 3.89. The second kappa shape index (κ2) is 3.64. The summed E-state index contributed by atoms with van der Waals surface area (Å²) in [4.78, 5) is 12.0. The van der Waals surface area contributed by atoms with Crippen LogP contribution >= 0.6 is 0 Å². The molecule has 1 aliphatic carbocycles. The first-order valence-electron chi connectivity index (χ1n) is 5.19. The topological polar surface area (TPSA) is 90.7 Å². The first kappa shape index (κ1) is 9.41. The summed E-state index contributed by atoms with van der Waals surface area (Å²) in [7, 11) is 0. The van der Waals surface area contributed by atoms with Crippen molar-refractivity contribution in [2.24, 2.45) is 11.7 Å². The van der Waals surface area contributed by atoms with Gasteiger partial charge in [-0.3, -0.25) is 0 Å². The molecule has 1 saturated carbocycles. The van der Waals surface area contributed by atoms with Crippen molar-refractivity contribution in [3.05, 3.63) is 24.5 Å². The lowest BCUT2D eigenvalue weighted by Gasteiger charge is -2.01. The fraction of sp³-hybridized carbons (Fsp3) is 0.400. The molecule has 0 radical (unpaired) electrons. The molecule has 6 heteroatoms. The van der Waals surface area contributed by atoms with Crippen LogP contribution in [0.2, 0.25) is 0 Å². The molecule has 1 atom stereocenters. The van der Waals surface area contributed by atoms with Crippen LogP contribution in [0, 0.1) is 5.92 Å². The molecular weight excluding hydrogens is 206 g/mol. The lowest BCUT2D eigenvalue weighted by molar-refractivity contribution is 0.411. The Morgan fingerprint density at radius 1 is 1.31 bits per heavy atom. The Morgan fingerprint density at radius 3 is 2.75 bits per heavy atom. The second-order valence-electron chi connectivity index (χ2n) is 3.95. The van der Waals surface area contributed by atoms with E-state index in [1.807, 2.05) is 0 Å². The van der Waals surface area contributed by atoms with Gasteiger partial charge in [-0.25, -0.2) is 9.97 Å². The van der Waals surface area contributed by atoms with Gasteiger partial charge in [-0.2, -0.15) is 4.98 Å².